The molecule has 96 valence electrons. The molecule has 1 aromatic carbocycles. The summed E-state index contributed by atoms with van der Waals surface area (Å²) in [5, 5.41) is 9.03. The van der Waals surface area contributed by atoms with Crippen LogP contribution >= 0.6 is 0 Å². The predicted molar refractivity (Wildman–Crippen MR) is 71.3 cm³/mol. The minimum absolute atomic E-state index is 0.0989. The molecule has 1 unspecified atom stereocenters. The Kier molecular flexibility index (Phi) is 6.01. The largest absolute Gasteiger partial charge is 0.392 e. The number of methoxy groups -OCH3 is 1. The highest BCUT2D eigenvalue weighted by Crippen LogP contribution is 2.19. The van der Waals surface area contributed by atoms with Crippen molar-refractivity contribution < 1.29 is 9.84 Å². The highest BCUT2D eigenvalue weighted by Gasteiger charge is 2.12. The monoisotopic (exact) mass is 237 g/mol. The van der Waals surface area contributed by atoms with Gasteiger partial charge >= 0.3 is 0 Å². The zero-order valence-electron chi connectivity index (χ0n) is 11.0. The molecule has 3 nitrogen and oxygen atoms in total. The highest BCUT2D eigenvalue weighted by atomic mass is 16.5. The molecule has 1 atom stereocenters. The first-order chi connectivity index (χ1) is 8.22. The molecule has 0 aromatic heterocycles. The lowest BCUT2D eigenvalue weighted by atomic mass is 10.1. The minimum atomic E-state index is 0.0989. The van der Waals surface area contributed by atoms with Crippen LogP contribution in [0.1, 0.15) is 25.8 Å². The molecule has 0 saturated carbocycles. The Bertz CT molecular complexity index is 311. The number of anilines is 1. The van der Waals surface area contributed by atoms with Crippen LogP contribution in [-0.2, 0) is 11.3 Å². The van der Waals surface area contributed by atoms with E-state index in [0.29, 0.717) is 6.04 Å². The zero-order valence-corrected chi connectivity index (χ0v) is 11.0. The second-order valence-electron chi connectivity index (χ2n) is 4.27. The minimum Gasteiger partial charge on any atom is -0.392 e. The number of nitrogens with zero attached hydrogens (tertiary/aromatic N) is 1. The van der Waals surface area contributed by atoms with Gasteiger partial charge in [0, 0.05) is 25.4 Å². The molecule has 0 heterocycles. The van der Waals surface area contributed by atoms with Crippen LogP contribution in [0, 0.1) is 0 Å². The van der Waals surface area contributed by atoms with E-state index in [1.165, 1.54) is 5.69 Å². The van der Waals surface area contributed by atoms with Gasteiger partial charge in [0.1, 0.15) is 0 Å². The molecule has 17 heavy (non-hydrogen) atoms. The third-order valence-corrected chi connectivity index (χ3v) is 3.11. The maximum absolute atomic E-state index is 9.03. The Labute approximate surface area is 104 Å². The van der Waals surface area contributed by atoms with Gasteiger partial charge in [-0.1, -0.05) is 19.1 Å². The van der Waals surface area contributed by atoms with Gasteiger partial charge in [0.25, 0.3) is 0 Å². The second-order valence-corrected chi connectivity index (χ2v) is 4.27. The molecule has 0 amide bonds. The molecule has 1 rings (SSSR count). The number of hydrogen-bond acceptors (Lipinski definition) is 3. The summed E-state index contributed by atoms with van der Waals surface area (Å²) in [6.45, 7) is 6.12. The van der Waals surface area contributed by atoms with E-state index >= 15 is 0 Å². The summed E-state index contributed by atoms with van der Waals surface area (Å²) >= 11 is 0. The van der Waals surface area contributed by atoms with Crippen molar-refractivity contribution in [3.63, 3.8) is 0 Å². The van der Waals surface area contributed by atoms with Crippen LogP contribution in [0.4, 0.5) is 5.69 Å². The van der Waals surface area contributed by atoms with Crippen LogP contribution in [0.5, 0.6) is 0 Å². The molecule has 0 spiro atoms. The van der Waals surface area contributed by atoms with Crippen LogP contribution in [-0.4, -0.2) is 31.4 Å². The van der Waals surface area contributed by atoms with Crippen LogP contribution in [0.2, 0.25) is 0 Å². The van der Waals surface area contributed by atoms with E-state index in [1.807, 2.05) is 12.1 Å². The van der Waals surface area contributed by atoms with Gasteiger partial charge in [-0.25, -0.2) is 0 Å². The third-order valence-electron chi connectivity index (χ3n) is 3.11. The second kappa shape index (κ2) is 7.30. The number of hydrogen-bond donors (Lipinski definition) is 1. The number of benzene rings is 1. The number of rotatable bonds is 7. The van der Waals surface area contributed by atoms with E-state index in [-0.39, 0.29) is 6.61 Å². The lowest BCUT2D eigenvalue weighted by Gasteiger charge is -2.30. The van der Waals surface area contributed by atoms with Crippen molar-refractivity contribution in [1.29, 1.82) is 0 Å². The van der Waals surface area contributed by atoms with E-state index in [4.69, 9.17) is 9.84 Å². The normalized spacial score (nSPS) is 12.5. The Morgan fingerprint density at radius 3 is 2.41 bits per heavy atom. The van der Waals surface area contributed by atoms with Gasteiger partial charge in [0.15, 0.2) is 0 Å². The van der Waals surface area contributed by atoms with Crippen LogP contribution in [0.3, 0.4) is 0 Å². The molecule has 1 N–H and O–H groups in total. The van der Waals surface area contributed by atoms with Gasteiger partial charge in [0.2, 0.25) is 0 Å². The van der Waals surface area contributed by atoms with Crippen molar-refractivity contribution >= 4 is 5.69 Å². The van der Waals surface area contributed by atoms with Crippen molar-refractivity contribution in [1.82, 2.24) is 0 Å². The van der Waals surface area contributed by atoms with Crippen LogP contribution in [0.25, 0.3) is 0 Å². The Hall–Kier alpha value is -1.06. The number of aliphatic hydroxyl groups is 1. The van der Waals surface area contributed by atoms with Crippen molar-refractivity contribution in [3.8, 4) is 0 Å². The first-order valence-corrected chi connectivity index (χ1v) is 6.18. The molecule has 0 aliphatic rings. The lowest BCUT2D eigenvalue weighted by Crippen LogP contribution is -2.35. The van der Waals surface area contributed by atoms with Gasteiger partial charge in [-0.2, -0.15) is 0 Å². The summed E-state index contributed by atoms with van der Waals surface area (Å²) < 4.78 is 5.15. The van der Waals surface area contributed by atoms with E-state index < -0.39 is 0 Å². The van der Waals surface area contributed by atoms with E-state index in [0.717, 1.165) is 25.1 Å². The first-order valence-electron chi connectivity index (χ1n) is 6.18. The molecule has 0 aliphatic heterocycles. The molecule has 0 fully saturated rings. The third kappa shape index (κ3) is 4.02. The molecule has 0 radical (unpaired) electrons. The average molecular weight is 237 g/mol. The Balaban J connectivity index is 2.79. The van der Waals surface area contributed by atoms with Gasteiger partial charge < -0.3 is 14.7 Å². The predicted octanol–water partition coefficient (Wildman–Crippen LogP) is 2.43. The van der Waals surface area contributed by atoms with Gasteiger partial charge in [-0.15, -0.1) is 0 Å². The molecule has 0 aliphatic carbocycles. The van der Waals surface area contributed by atoms with Crippen molar-refractivity contribution in [2.75, 3.05) is 25.2 Å². The van der Waals surface area contributed by atoms with Gasteiger partial charge in [0.05, 0.1) is 13.2 Å². The SMILES string of the molecule is CCC(C)N(CCOC)c1ccc(CO)cc1. The average Bonchev–Trinajstić information content (AvgIpc) is 2.39. The highest BCUT2D eigenvalue weighted by molar-refractivity contribution is 5.48. The Morgan fingerprint density at radius 1 is 1.29 bits per heavy atom. The maximum Gasteiger partial charge on any atom is 0.0681 e. The fraction of sp³-hybridized carbons (Fsp3) is 0.571. The summed E-state index contributed by atoms with van der Waals surface area (Å²) in [7, 11) is 1.73. The Morgan fingerprint density at radius 2 is 1.94 bits per heavy atom. The van der Waals surface area contributed by atoms with E-state index in [9.17, 15) is 0 Å². The summed E-state index contributed by atoms with van der Waals surface area (Å²) in [5.74, 6) is 0. The van der Waals surface area contributed by atoms with Gasteiger partial charge in [-0.3, -0.25) is 0 Å². The van der Waals surface area contributed by atoms with Gasteiger partial charge in [-0.05, 0) is 31.0 Å². The summed E-state index contributed by atoms with van der Waals surface area (Å²) in [5.41, 5.74) is 2.14. The maximum atomic E-state index is 9.03. The molecule has 3 heteroatoms. The first kappa shape index (κ1) is 14.0. The van der Waals surface area contributed by atoms with Crippen molar-refractivity contribution in [2.45, 2.75) is 32.9 Å². The quantitative estimate of drug-likeness (QED) is 0.790. The van der Waals surface area contributed by atoms with Crippen LogP contribution in [0.15, 0.2) is 24.3 Å². The summed E-state index contributed by atoms with van der Waals surface area (Å²) in [4.78, 5) is 2.34. The summed E-state index contributed by atoms with van der Waals surface area (Å²) in [6.07, 6.45) is 1.10. The molecular formula is C14H23NO2. The van der Waals surface area contributed by atoms with Crippen molar-refractivity contribution in [2.24, 2.45) is 0 Å². The molecule has 0 bridgehead atoms. The fourth-order valence-corrected chi connectivity index (χ4v) is 1.81. The topological polar surface area (TPSA) is 32.7 Å². The standard InChI is InChI=1S/C14H23NO2/c1-4-12(2)15(9-10-17-3)14-7-5-13(11-16)6-8-14/h5-8,12,16H,4,9-11H2,1-3H3. The summed E-state index contributed by atoms with van der Waals surface area (Å²) in [6, 6.07) is 8.56. The fourth-order valence-electron chi connectivity index (χ4n) is 1.81. The van der Waals surface area contributed by atoms with Crippen molar-refractivity contribution in [3.05, 3.63) is 29.8 Å². The molecule has 1 aromatic rings. The van der Waals surface area contributed by atoms with E-state index in [2.05, 4.69) is 30.9 Å². The van der Waals surface area contributed by atoms with E-state index in [1.54, 1.807) is 7.11 Å². The molecule has 0 saturated heterocycles. The van der Waals surface area contributed by atoms with Crippen LogP contribution < -0.4 is 4.90 Å². The number of aliphatic hydroxyl groups excluding tert-OH is 1. The molecular weight excluding hydrogens is 214 g/mol. The smallest absolute Gasteiger partial charge is 0.0681 e. The lowest BCUT2D eigenvalue weighted by molar-refractivity contribution is 0.203. The number of ether oxygens (including phenoxy) is 1. The zero-order chi connectivity index (χ0) is 12.7.